The van der Waals surface area contributed by atoms with Crippen LogP contribution in [0.4, 0.5) is 0 Å². The Hall–Kier alpha value is -0.960. The second kappa shape index (κ2) is 8.37. The number of carbonyl (C=O) groups excluding carboxylic acids is 1. The second-order valence-corrected chi connectivity index (χ2v) is 10.2. The average Bonchev–Trinajstić information content (AvgIpc) is 3.15. The van der Waals surface area contributed by atoms with E-state index in [2.05, 4.69) is 13.8 Å². The molecule has 2 unspecified atom stereocenters. The minimum atomic E-state index is -3.54. The zero-order valence-corrected chi connectivity index (χ0v) is 17.2. The van der Waals surface area contributed by atoms with Crippen molar-refractivity contribution in [2.45, 2.75) is 49.8 Å². The summed E-state index contributed by atoms with van der Waals surface area (Å²) in [6, 6.07) is 1.81. The van der Waals surface area contributed by atoms with Gasteiger partial charge in [-0.05, 0) is 31.2 Å². The van der Waals surface area contributed by atoms with Crippen LogP contribution >= 0.6 is 11.3 Å². The van der Waals surface area contributed by atoms with Crippen LogP contribution < -0.4 is 0 Å². The average molecular weight is 401 g/mol. The van der Waals surface area contributed by atoms with Gasteiger partial charge in [-0.3, -0.25) is 4.79 Å². The number of hydrogen-bond acceptors (Lipinski definition) is 5. The number of piperidine rings is 1. The lowest BCUT2D eigenvalue weighted by atomic mass is 9.87. The largest absolute Gasteiger partial charge is 0.379 e. The van der Waals surface area contributed by atoms with Crippen molar-refractivity contribution < 1.29 is 17.9 Å². The van der Waals surface area contributed by atoms with E-state index in [4.69, 9.17) is 4.74 Å². The monoisotopic (exact) mass is 400 g/mol. The van der Waals surface area contributed by atoms with E-state index >= 15 is 0 Å². The molecule has 0 aromatic carbocycles. The van der Waals surface area contributed by atoms with Crippen molar-refractivity contribution in [2.24, 2.45) is 5.92 Å². The molecule has 2 saturated heterocycles. The third kappa shape index (κ3) is 3.98. The van der Waals surface area contributed by atoms with E-state index in [9.17, 15) is 13.2 Å². The van der Waals surface area contributed by atoms with Gasteiger partial charge in [0, 0.05) is 31.1 Å². The summed E-state index contributed by atoms with van der Waals surface area (Å²) in [5, 5.41) is 1.69. The van der Waals surface area contributed by atoms with Crippen LogP contribution in [0.2, 0.25) is 0 Å². The van der Waals surface area contributed by atoms with Gasteiger partial charge in [0.25, 0.3) is 15.9 Å². The predicted molar refractivity (Wildman–Crippen MR) is 102 cm³/mol. The minimum Gasteiger partial charge on any atom is -0.379 e. The molecule has 0 N–H and O–H groups in total. The number of ether oxygens (including phenoxy) is 1. The Morgan fingerprint density at radius 1 is 1.31 bits per heavy atom. The van der Waals surface area contributed by atoms with E-state index in [1.807, 2.05) is 4.90 Å². The van der Waals surface area contributed by atoms with Gasteiger partial charge in [0.2, 0.25) is 0 Å². The van der Waals surface area contributed by atoms with Gasteiger partial charge in [-0.25, -0.2) is 8.42 Å². The van der Waals surface area contributed by atoms with Crippen LogP contribution in [0.25, 0.3) is 0 Å². The maximum absolute atomic E-state index is 13.1. The standard InChI is InChI=1S/C18H28N2O4S2/c1-3-5-16-14(2)6-4-7-20(16)18(21)15-12-17(25-13-15)26(22,23)19-8-10-24-11-9-19/h12-14,16H,3-11H2,1-2H3. The molecule has 2 aliphatic rings. The summed E-state index contributed by atoms with van der Waals surface area (Å²) >= 11 is 1.14. The van der Waals surface area contributed by atoms with Crippen LogP contribution in [0.3, 0.4) is 0 Å². The van der Waals surface area contributed by atoms with Gasteiger partial charge in [-0.2, -0.15) is 4.31 Å². The number of carbonyl (C=O) groups is 1. The van der Waals surface area contributed by atoms with Gasteiger partial charge in [-0.15, -0.1) is 11.3 Å². The smallest absolute Gasteiger partial charge is 0.255 e. The van der Waals surface area contributed by atoms with E-state index in [0.29, 0.717) is 37.8 Å². The molecule has 0 bridgehead atoms. The van der Waals surface area contributed by atoms with Crippen molar-refractivity contribution in [3.05, 3.63) is 17.0 Å². The van der Waals surface area contributed by atoms with Crippen molar-refractivity contribution in [3.8, 4) is 0 Å². The van der Waals surface area contributed by atoms with Crippen LogP contribution in [-0.2, 0) is 14.8 Å². The lowest BCUT2D eigenvalue weighted by Crippen LogP contribution is -2.47. The van der Waals surface area contributed by atoms with E-state index in [-0.39, 0.29) is 16.2 Å². The van der Waals surface area contributed by atoms with E-state index in [1.165, 1.54) is 4.31 Å². The number of thiophene rings is 1. The summed E-state index contributed by atoms with van der Waals surface area (Å²) in [5.41, 5.74) is 0.497. The lowest BCUT2D eigenvalue weighted by Gasteiger charge is -2.40. The van der Waals surface area contributed by atoms with Gasteiger partial charge in [0.05, 0.1) is 18.8 Å². The van der Waals surface area contributed by atoms with Crippen molar-refractivity contribution in [1.29, 1.82) is 0 Å². The van der Waals surface area contributed by atoms with E-state index < -0.39 is 10.0 Å². The van der Waals surface area contributed by atoms with Gasteiger partial charge >= 0.3 is 0 Å². The number of likely N-dealkylation sites (tertiary alicyclic amines) is 1. The summed E-state index contributed by atoms with van der Waals surface area (Å²) in [7, 11) is -3.54. The molecular formula is C18H28N2O4S2. The molecule has 0 spiro atoms. The molecule has 1 amide bonds. The molecule has 1 aromatic rings. The van der Waals surface area contributed by atoms with Crippen LogP contribution in [0, 0.1) is 5.92 Å². The molecule has 2 fully saturated rings. The number of sulfonamides is 1. The van der Waals surface area contributed by atoms with Gasteiger partial charge in [-0.1, -0.05) is 20.3 Å². The van der Waals surface area contributed by atoms with Gasteiger partial charge in [0.15, 0.2) is 0 Å². The normalized spacial score (nSPS) is 25.4. The Labute approximate surface area is 160 Å². The molecule has 2 aliphatic heterocycles. The van der Waals surface area contributed by atoms with E-state index in [1.54, 1.807) is 11.4 Å². The van der Waals surface area contributed by atoms with Crippen molar-refractivity contribution in [3.63, 3.8) is 0 Å². The molecule has 0 aliphatic carbocycles. The number of amides is 1. The first-order valence-electron chi connectivity index (χ1n) is 9.42. The SMILES string of the molecule is CCCC1C(C)CCCN1C(=O)c1csc(S(=O)(=O)N2CCOCC2)c1. The fourth-order valence-corrected chi connectivity index (χ4v) is 6.60. The summed E-state index contributed by atoms with van der Waals surface area (Å²) in [6.07, 6.45) is 4.19. The van der Waals surface area contributed by atoms with Crippen LogP contribution in [-0.4, -0.2) is 62.4 Å². The zero-order valence-electron chi connectivity index (χ0n) is 15.5. The topological polar surface area (TPSA) is 66.9 Å². The Morgan fingerprint density at radius 2 is 2.04 bits per heavy atom. The molecule has 146 valence electrons. The Bertz CT molecular complexity index is 725. The highest BCUT2D eigenvalue weighted by Gasteiger charge is 2.33. The van der Waals surface area contributed by atoms with Gasteiger partial charge in [0.1, 0.15) is 4.21 Å². The van der Waals surface area contributed by atoms with Crippen LogP contribution in [0.15, 0.2) is 15.7 Å². The third-order valence-corrected chi connectivity index (χ3v) is 8.66. The van der Waals surface area contributed by atoms with Crippen molar-refractivity contribution in [1.82, 2.24) is 9.21 Å². The minimum absolute atomic E-state index is 0.0327. The first-order valence-corrected chi connectivity index (χ1v) is 11.7. The molecule has 6 nitrogen and oxygen atoms in total. The number of morpholine rings is 1. The highest BCUT2D eigenvalue weighted by Crippen LogP contribution is 2.30. The Morgan fingerprint density at radius 3 is 2.73 bits per heavy atom. The number of nitrogens with zero attached hydrogens (tertiary/aromatic N) is 2. The van der Waals surface area contributed by atoms with Crippen molar-refractivity contribution in [2.75, 3.05) is 32.8 Å². The number of hydrogen-bond donors (Lipinski definition) is 0. The fourth-order valence-electron chi connectivity index (χ4n) is 3.88. The fraction of sp³-hybridized carbons (Fsp3) is 0.722. The van der Waals surface area contributed by atoms with Crippen LogP contribution in [0.1, 0.15) is 49.9 Å². The second-order valence-electron chi connectivity index (χ2n) is 7.14. The predicted octanol–water partition coefficient (Wildman–Crippen LogP) is 2.81. The summed E-state index contributed by atoms with van der Waals surface area (Å²) in [6.45, 7) is 6.68. The molecule has 0 radical (unpaired) electrons. The lowest BCUT2D eigenvalue weighted by molar-refractivity contribution is 0.0498. The highest BCUT2D eigenvalue weighted by atomic mass is 32.2. The van der Waals surface area contributed by atoms with E-state index in [0.717, 1.165) is 43.6 Å². The van der Waals surface area contributed by atoms with Crippen molar-refractivity contribution >= 4 is 27.3 Å². The molecule has 2 atom stereocenters. The molecular weight excluding hydrogens is 372 g/mol. The Balaban J connectivity index is 1.79. The molecule has 8 heteroatoms. The number of rotatable bonds is 5. The Kier molecular flexibility index (Phi) is 6.37. The third-order valence-electron chi connectivity index (χ3n) is 5.35. The molecule has 0 saturated carbocycles. The van der Waals surface area contributed by atoms with Gasteiger partial charge < -0.3 is 9.64 Å². The molecule has 3 rings (SSSR count). The van der Waals surface area contributed by atoms with Crippen LogP contribution in [0.5, 0.6) is 0 Å². The summed E-state index contributed by atoms with van der Waals surface area (Å²) in [5.74, 6) is 0.456. The maximum atomic E-state index is 13.1. The first-order chi connectivity index (χ1) is 12.4. The zero-order chi connectivity index (χ0) is 18.7. The quantitative estimate of drug-likeness (QED) is 0.762. The molecule has 26 heavy (non-hydrogen) atoms. The maximum Gasteiger partial charge on any atom is 0.255 e. The highest BCUT2D eigenvalue weighted by molar-refractivity contribution is 7.91. The molecule has 3 heterocycles. The summed E-state index contributed by atoms with van der Waals surface area (Å²) in [4.78, 5) is 15.0. The first kappa shape index (κ1) is 19.8. The summed E-state index contributed by atoms with van der Waals surface area (Å²) < 4.78 is 32.5. The molecule has 1 aromatic heterocycles.